The van der Waals surface area contributed by atoms with Crippen LogP contribution in [0.25, 0.3) is 0 Å². The molecular formula is C15H16FN3S. The van der Waals surface area contributed by atoms with Crippen LogP contribution in [0.1, 0.15) is 31.5 Å². The summed E-state index contributed by atoms with van der Waals surface area (Å²) in [5, 5.41) is 4.09. The highest BCUT2D eigenvalue weighted by molar-refractivity contribution is 7.99. The third-order valence-corrected chi connectivity index (χ3v) is 3.95. The smallest absolute Gasteiger partial charge is 0.135 e. The topological polar surface area (TPSA) is 37.8 Å². The number of halogens is 1. The van der Waals surface area contributed by atoms with Gasteiger partial charge in [0, 0.05) is 23.4 Å². The molecule has 0 aliphatic heterocycles. The molecule has 0 amide bonds. The third-order valence-electron chi connectivity index (χ3n) is 3.04. The van der Waals surface area contributed by atoms with Gasteiger partial charge in [-0.2, -0.15) is 0 Å². The van der Waals surface area contributed by atoms with Crippen LogP contribution in [0.3, 0.4) is 0 Å². The molecule has 3 nitrogen and oxygen atoms in total. The average Bonchev–Trinajstić information content (AvgIpc) is 3.23. The molecule has 104 valence electrons. The summed E-state index contributed by atoms with van der Waals surface area (Å²) in [7, 11) is 0. The largest absolute Gasteiger partial charge is 0.370 e. The zero-order valence-electron chi connectivity index (χ0n) is 11.3. The van der Waals surface area contributed by atoms with Crippen molar-refractivity contribution in [2.45, 2.75) is 35.6 Å². The zero-order valence-corrected chi connectivity index (χ0v) is 12.1. The van der Waals surface area contributed by atoms with Gasteiger partial charge in [0.25, 0.3) is 0 Å². The van der Waals surface area contributed by atoms with Crippen molar-refractivity contribution in [3.8, 4) is 0 Å². The summed E-state index contributed by atoms with van der Waals surface area (Å²) in [5.41, 5.74) is 0. The van der Waals surface area contributed by atoms with Gasteiger partial charge in [-0.25, -0.2) is 14.4 Å². The van der Waals surface area contributed by atoms with Crippen LogP contribution >= 0.6 is 11.8 Å². The predicted molar refractivity (Wildman–Crippen MR) is 78.7 cm³/mol. The first-order valence-corrected chi connectivity index (χ1v) is 7.62. The van der Waals surface area contributed by atoms with Gasteiger partial charge in [0.15, 0.2) is 0 Å². The van der Waals surface area contributed by atoms with Gasteiger partial charge >= 0.3 is 0 Å². The quantitative estimate of drug-likeness (QED) is 0.842. The maximum absolute atomic E-state index is 13.2. The summed E-state index contributed by atoms with van der Waals surface area (Å²) >= 11 is 1.47. The molecule has 1 heterocycles. The molecule has 0 saturated heterocycles. The fourth-order valence-corrected chi connectivity index (χ4v) is 2.81. The van der Waals surface area contributed by atoms with Crippen molar-refractivity contribution in [1.29, 1.82) is 0 Å². The molecule has 3 rings (SSSR count). The minimum absolute atomic E-state index is 0.224. The monoisotopic (exact) mass is 289 g/mol. The van der Waals surface area contributed by atoms with Crippen molar-refractivity contribution in [3.05, 3.63) is 42.0 Å². The Bertz CT molecular complexity index is 614. The molecular weight excluding hydrogens is 273 g/mol. The van der Waals surface area contributed by atoms with Crippen molar-refractivity contribution in [1.82, 2.24) is 9.97 Å². The van der Waals surface area contributed by atoms with Crippen LogP contribution in [-0.4, -0.2) is 16.5 Å². The molecule has 5 heteroatoms. The second kappa shape index (κ2) is 5.79. The summed E-state index contributed by atoms with van der Waals surface area (Å²) in [6.45, 7) is 2.86. The molecule has 0 spiro atoms. The van der Waals surface area contributed by atoms with Crippen molar-refractivity contribution >= 4 is 17.6 Å². The highest BCUT2D eigenvalue weighted by Gasteiger charge is 2.27. The van der Waals surface area contributed by atoms with E-state index in [1.807, 2.05) is 19.1 Å². The van der Waals surface area contributed by atoms with Crippen LogP contribution in [0.4, 0.5) is 10.2 Å². The van der Waals surface area contributed by atoms with Crippen molar-refractivity contribution in [2.24, 2.45) is 0 Å². The Balaban J connectivity index is 1.87. The number of anilines is 1. The van der Waals surface area contributed by atoms with Gasteiger partial charge < -0.3 is 5.32 Å². The molecule has 1 aliphatic rings. The Morgan fingerprint density at radius 1 is 1.30 bits per heavy atom. The molecule has 0 radical (unpaired) electrons. The number of aromatic nitrogens is 2. The highest BCUT2D eigenvalue weighted by Crippen LogP contribution is 2.39. The van der Waals surface area contributed by atoms with E-state index in [1.54, 1.807) is 6.07 Å². The van der Waals surface area contributed by atoms with Gasteiger partial charge in [-0.3, -0.25) is 0 Å². The van der Waals surface area contributed by atoms with Gasteiger partial charge in [0.05, 0.1) is 0 Å². The molecule has 0 bridgehead atoms. The fourth-order valence-electron chi connectivity index (χ4n) is 1.94. The van der Waals surface area contributed by atoms with Gasteiger partial charge in [0.2, 0.25) is 0 Å². The molecule has 1 aromatic heterocycles. The Labute approximate surface area is 122 Å². The summed E-state index contributed by atoms with van der Waals surface area (Å²) in [6, 6.07) is 8.50. The van der Waals surface area contributed by atoms with Crippen molar-refractivity contribution in [2.75, 3.05) is 11.9 Å². The standard InChI is InChI=1S/C15H16FN3S/c1-2-17-13-9-14(19-15(18-13)10-6-7-10)20-12-5-3-4-11(16)8-12/h3-5,8-10H,2,6-7H2,1H3,(H,17,18,19). The van der Waals surface area contributed by atoms with E-state index >= 15 is 0 Å². The van der Waals surface area contributed by atoms with E-state index in [-0.39, 0.29) is 5.82 Å². The fraction of sp³-hybridized carbons (Fsp3) is 0.333. The van der Waals surface area contributed by atoms with Crippen molar-refractivity contribution < 1.29 is 4.39 Å². The highest BCUT2D eigenvalue weighted by atomic mass is 32.2. The van der Waals surface area contributed by atoms with Gasteiger partial charge in [-0.1, -0.05) is 17.8 Å². The van der Waals surface area contributed by atoms with Crippen molar-refractivity contribution in [3.63, 3.8) is 0 Å². The average molecular weight is 289 g/mol. The van der Waals surface area contributed by atoms with E-state index in [2.05, 4.69) is 15.3 Å². The second-order valence-electron chi connectivity index (χ2n) is 4.81. The van der Waals surface area contributed by atoms with Crippen LogP contribution in [0, 0.1) is 5.82 Å². The number of nitrogens with zero attached hydrogens (tertiary/aromatic N) is 2. The minimum Gasteiger partial charge on any atom is -0.370 e. The molecule has 1 fully saturated rings. The maximum atomic E-state index is 13.2. The number of hydrogen-bond donors (Lipinski definition) is 1. The summed E-state index contributed by atoms with van der Waals surface area (Å²) < 4.78 is 13.2. The minimum atomic E-state index is -0.224. The Kier molecular flexibility index (Phi) is 3.87. The van der Waals surface area contributed by atoms with E-state index in [9.17, 15) is 4.39 Å². The number of hydrogen-bond acceptors (Lipinski definition) is 4. The molecule has 0 atom stereocenters. The van der Waals surface area contributed by atoms with Gasteiger partial charge in [0.1, 0.15) is 22.5 Å². The lowest BCUT2D eigenvalue weighted by molar-refractivity contribution is 0.624. The van der Waals surface area contributed by atoms with Crippen LogP contribution in [0.15, 0.2) is 40.3 Å². The van der Waals surface area contributed by atoms with E-state index in [0.29, 0.717) is 5.92 Å². The lowest BCUT2D eigenvalue weighted by atomic mass is 10.3. The Morgan fingerprint density at radius 2 is 2.15 bits per heavy atom. The lowest BCUT2D eigenvalue weighted by Gasteiger charge is -2.08. The van der Waals surface area contributed by atoms with Crippen LogP contribution in [-0.2, 0) is 0 Å². The summed E-state index contributed by atoms with van der Waals surface area (Å²) in [4.78, 5) is 9.98. The second-order valence-corrected chi connectivity index (χ2v) is 5.91. The number of nitrogens with one attached hydrogen (secondary N) is 1. The zero-order chi connectivity index (χ0) is 13.9. The molecule has 1 aromatic carbocycles. The van der Waals surface area contributed by atoms with Crippen LogP contribution in [0.5, 0.6) is 0 Å². The third kappa shape index (κ3) is 3.28. The maximum Gasteiger partial charge on any atom is 0.135 e. The number of rotatable bonds is 5. The van der Waals surface area contributed by atoms with E-state index in [4.69, 9.17) is 0 Å². The Morgan fingerprint density at radius 3 is 2.85 bits per heavy atom. The molecule has 1 saturated carbocycles. The van der Waals surface area contributed by atoms with Crippen LogP contribution < -0.4 is 5.32 Å². The first-order chi connectivity index (χ1) is 9.74. The molecule has 1 N–H and O–H groups in total. The summed E-state index contributed by atoms with van der Waals surface area (Å²) in [5.74, 6) is 2.03. The molecule has 20 heavy (non-hydrogen) atoms. The van der Waals surface area contributed by atoms with Gasteiger partial charge in [-0.05, 0) is 38.0 Å². The normalized spacial score (nSPS) is 14.3. The molecule has 0 unspecified atom stereocenters. The summed E-state index contributed by atoms with van der Waals surface area (Å²) in [6.07, 6.45) is 2.33. The van der Waals surface area contributed by atoms with E-state index < -0.39 is 0 Å². The van der Waals surface area contributed by atoms with Gasteiger partial charge in [-0.15, -0.1) is 0 Å². The lowest BCUT2D eigenvalue weighted by Crippen LogP contribution is -2.03. The molecule has 1 aliphatic carbocycles. The van der Waals surface area contributed by atoms with E-state index in [0.717, 1.165) is 28.1 Å². The molecule has 2 aromatic rings. The Hall–Kier alpha value is -1.62. The first-order valence-electron chi connectivity index (χ1n) is 6.81. The number of benzene rings is 1. The first kappa shape index (κ1) is 13.4. The van der Waals surface area contributed by atoms with E-state index in [1.165, 1.54) is 36.7 Å². The van der Waals surface area contributed by atoms with Crippen LogP contribution in [0.2, 0.25) is 0 Å². The SMILES string of the molecule is CCNc1cc(Sc2cccc(F)c2)nc(C2CC2)n1. The predicted octanol–water partition coefficient (Wildman–Crippen LogP) is 4.08.